The quantitative estimate of drug-likeness (QED) is 0.442. The van der Waals surface area contributed by atoms with Crippen molar-refractivity contribution < 1.29 is 13.6 Å². The van der Waals surface area contributed by atoms with Gasteiger partial charge in [-0.2, -0.15) is 0 Å². The van der Waals surface area contributed by atoms with E-state index in [1.165, 1.54) is 6.07 Å². The molecular formula is C23H26ClF2N5O. The average Bonchev–Trinajstić information content (AvgIpc) is 3.46. The Bertz CT molecular complexity index is 1170. The molecule has 3 aromatic rings. The second-order valence-electron chi connectivity index (χ2n) is 8.39. The van der Waals surface area contributed by atoms with Gasteiger partial charge in [0.15, 0.2) is 0 Å². The van der Waals surface area contributed by atoms with Gasteiger partial charge in [-0.25, -0.2) is 18.6 Å². The zero-order chi connectivity index (χ0) is 22.2. The van der Waals surface area contributed by atoms with E-state index in [-0.39, 0.29) is 23.7 Å². The second kappa shape index (κ2) is 9.24. The number of nitrogens with zero attached hydrogens (tertiary/aromatic N) is 2. The largest absolute Gasteiger partial charge is 0.373 e. The molecule has 4 rings (SSSR count). The number of pyridine rings is 2. The van der Waals surface area contributed by atoms with Crippen LogP contribution >= 0.6 is 12.4 Å². The number of nitrogens with one attached hydrogen (secondary N) is 3. The van der Waals surface area contributed by atoms with Crippen LogP contribution in [0.2, 0.25) is 0 Å². The van der Waals surface area contributed by atoms with Gasteiger partial charge in [-0.05, 0) is 43.7 Å². The summed E-state index contributed by atoms with van der Waals surface area (Å²) in [4.78, 5) is 21.0. The molecule has 0 spiro atoms. The minimum atomic E-state index is -0.836. The Morgan fingerprint density at radius 3 is 2.56 bits per heavy atom. The fourth-order valence-electron chi connectivity index (χ4n) is 3.53. The molecule has 0 radical (unpaired) electrons. The third-order valence-corrected chi connectivity index (χ3v) is 5.86. The number of benzene rings is 1. The maximum absolute atomic E-state index is 14.7. The fraction of sp³-hybridized carbons (Fsp3) is 0.348. The molecule has 32 heavy (non-hydrogen) atoms. The lowest BCUT2D eigenvalue weighted by molar-refractivity contribution is 0.251. The average molecular weight is 462 g/mol. The van der Waals surface area contributed by atoms with Crippen molar-refractivity contribution in [1.29, 1.82) is 0 Å². The normalized spacial score (nSPS) is 13.9. The summed E-state index contributed by atoms with van der Waals surface area (Å²) in [6, 6.07) is 5.13. The molecule has 6 nitrogen and oxygen atoms in total. The molecule has 0 bridgehead atoms. The topological polar surface area (TPSA) is 78.9 Å². The lowest BCUT2D eigenvalue weighted by Gasteiger charge is -2.14. The van der Waals surface area contributed by atoms with Gasteiger partial charge >= 0.3 is 6.03 Å². The van der Waals surface area contributed by atoms with Crippen molar-refractivity contribution in [2.75, 3.05) is 24.2 Å². The van der Waals surface area contributed by atoms with Crippen LogP contribution < -0.4 is 16.0 Å². The van der Waals surface area contributed by atoms with Gasteiger partial charge in [0, 0.05) is 54.1 Å². The van der Waals surface area contributed by atoms with Gasteiger partial charge in [0.1, 0.15) is 17.5 Å². The number of amides is 2. The molecule has 1 aromatic carbocycles. The number of halogens is 3. The molecule has 170 valence electrons. The maximum Gasteiger partial charge on any atom is 0.319 e. The van der Waals surface area contributed by atoms with E-state index in [4.69, 9.17) is 0 Å². The van der Waals surface area contributed by atoms with Crippen LogP contribution in [0.1, 0.15) is 31.9 Å². The molecule has 3 N–H and O–H groups in total. The lowest BCUT2D eigenvalue weighted by atomic mass is 10.0. The summed E-state index contributed by atoms with van der Waals surface area (Å²) in [6.45, 7) is 4.44. The fourth-order valence-corrected chi connectivity index (χ4v) is 3.53. The Hall–Kier alpha value is -3.00. The summed E-state index contributed by atoms with van der Waals surface area (Å²) >= 11 is 0. The van der Waals surface area contributed by atoms with Gasteiger partial charge < -0.3 is 16.0 Å². The molecule has 2 heterocycles. The number of hydrogen-bond donors (Lipinski definition) is 3. The molecule has 0 aliphatic heterocycles. The molecule has 0 unspecified atom stereocenters. The Balaban J connectivity index is 0.00000289. The molecule has 0 saturated heterocycles. The summed E-state index contributed by atoms with van der Waals surface area (Å²) in [6.07, 6.45) is 4.85. The minimum Gasteiger partial charge on any atom is -0.373 e. The van der Waals surface area contributed by atoms with Crippen LogP contribution in [0.3, 0.4) is 0 Å². The molecule has 1 aliphatic rings. The monoisotopic (exact) mass is 461 g/mol. The number of carbonyl (C=O) groups excluding carboxylic acids is 1. The van der Waals surface area contributed by atoms with Crippen LogP contribution in [0.5, 0.6) is 0 Å². The Kier molecular flexibility index (Phi) is 6.83. The highest BCUT2D eigenvalue weighted by Crippen LogP contribution is 2.47. The highest BCUT2D eigenvalue weighted by atomic mass is 35.5. The highest BCUT2D eigenvalue weighted by Gasteiger charge is 2.36. The third-order valence-electron chi connectivity index (χ3n) is 5.86. The van der Waals surface area contributed by atoms with Crippen LogP contribution in [0.4, 0.5) is 25.1 Å². The number of hydrogen-bond acceptors (Lipinski definition) is 4. The summed E-state index contributed by atoms with van der Waals surface area (Å²) in [7, 11) is 1.76. The zero-order valence-corrected chi connectivity index (χ0v) is 19.0. The number of anilines is 2. The SMILES string of the molecule is CNc1cc2nc(C)c(-c3cc(NC(=O)NCCC4(C)CC4)c(F)cc3F)cc2cn1.Cl. The Morgan fingerprint density at radius 1 is 1.12 bits per heavy atom. The standard InChI is InChI=1S/C23H25F2N5O.ClH/c1-13-15(8-14-12-28-21(26-3)11-19(14)29-13)16-9-20(18(25)10-17(16)24)30-22(31)27-7-6-23(2)4-5-23;/h8-12H,4-7H2,1-3H3,(H,26,28)(H2,27,30,31);1H. The van der Waals surface area contributed by atoms with Gasteiger partial charge in [-0.1, -0.05) is 6.92 Å². The number of aryl methyl sites for hydroxylation is 1. The van der Waals surface area contributed by atoms with E-state index in [2.05, 4.69) is 32.8 Å². The van der Waals surface area contributed by atoms with Gasteiger partial charge in [0.05, 0.1) is 11.2 Å². The van der Waals surface area contributed by atoms with Gasteiger partial charge in [0.2, 0.25) is 0 Å². The van der Waals surface area contributed by atoms with E-state index in [9.17, 15) is 13.6 Å². The number of carbonyl (C=O) groups is 1. The maximum atomic E-state index is 14.7. The van der Waals surface area contributed by atoms with Crippen molar-refractivity contribution in [1.82, 2.24) is 15.3 Å². The molecule has 1 saturated carbocycles. The first kappa shape index (κ1) is 23.7. The van der Waals surface area contributed by atoms with Crippen LogP contribution in [0, 0.1) is 24.0 Å². The molecule has 9 heteroatoms. The van der Waals surface area contributed by atoms with Crippen LogP contribution in [0.25, 0.3) is 22.0 Å². The molecule has 1 fully saturated rings. The first-order chi connectivity index (χ1) is 14.8. The Morgan fingerprint density at radius 2 is 1.88 bits per heavy atom. The van der Waals surface area contributed by atoms with E-state index >= 15 is 0 Å². The van der Waals surface area contributed by atoms with Crippen molar-refractivity contribution in [3.63, 3.8) is 0 Å². The predicted molar refractivity (Wildman–Crippen MR) is 125 cm³/mol. The van der Waals surface area contributed by atoms with Crippen molar-refractivity contribution in [3.8, 4) is 11.1 Å². The third kappa shape index (κ3) is 5.07. The number of rotatable bonds is 6. The van der Waals surface area contributed by atoms with E-state index in [1.54, 1.807) is 32.3 Å². The molecule has 2 amide bonds. The Labute approximate surface area is 191 Å². The highest BCUT2D eigenvalue weighted by molar-refractivity contribution is 5.91. The van der Waals surface area contributed by atoms with Crippen LogP contribution in [0.15, 0.2) is 30.5 Å². The van der Waals surface area contributed by atoms with Crippen molar-refractivity contribution in [2.24, 2.45) is 5.41 Å². The lowest BCUT2D eigenvalue weighted by Crippen LogP contribution is -2.30. The molecule has 0 atom stereocenters. The van der Waals surface area contributed by atoms with E-state index in [1.807, 2.05) is 0 Å². The minimum absolute atomic E-state index is 0. The van der Waals surface area contributed by atoms with Crippen molar-refractivity contribution in [2.45, 2.75) is 33.1 Å². The van der Waals surface area contributed by atoms with Gasteiger partial charge in [-0.15, -0.1) is 12.4 Å². The summed E-state index contributed by atoms with van der Waals surface area (Å²) in [5, 5.41) is 8.91. The molecular weight excluding hydrogens is 436 g/mol. The van der Waals surface area contributed by atoms with Crippen LogP contribution in [-0.2, 0) is 0 Å². The summed E-state index contributed by atoms with van der Waals surface area (Å²) in [5.41, 5.74) is 2.19. The van der Waals surface area contributed by atoms with Crippen LogP contribution in [-0.4, -0.2) is 29.6 Å². The zero-order valence-electron chi connectivity index (χ0n) is 18.2. The summed E-state index contributed by atoms with van der Waals surface area (Å²) < 4.78 is 29.0. The number of urea groups is 1. The molecule has 2 aromatic heterocycles. The van der Waals surface area contributed by atoms with E-state index in [0.29, 0.717) is 34.6 Å². The number of fused-ring (bicyclic) bond motifs is 1. The van der Waals surface area contributed by atoms with Crippen molar-refractivity contribution >= 4 is 40.8 Å². The predicted octanol–water partition coefficient (Wildman–Crippen LogP) is 5.66. The second-order valence-corrected chi connectivity index (χ2v) is 8.39. The van der Waals surface area contributed by atoms with Gasteiger partial charge in [-0.3, -0.25) is 4.98 Å². The smallest absolute Gasteiger partial charge is 0.319 e. The first-order valence-corrected chi connectivity index (χ1v) is 10.3. The van der Waals surface area contributed by atoms with Gasteiger partial charge in [0.25, 0.3) is 0 Å². The van der Waals surface area contributed by atoms with E-state index < -0.39 is 17.7 Å². The van der Waals surface area contributed by atoms with E-state index in [0.717, 1.165) is 30.7 Å². The first-order valence-electron chi connectivity index (χ1n) is 10.3. The summed E-state index contributed by atoms with van der Waals surface area (Å²) in [5.74, 6) is -0.889. The van der Waals surface area contributed by atoms with Crippen molar-refractivity contribution in [3.05, 3.63) is 47.8 Å². The number of aromatic nitrogens is 2. The molecule has 1 aliphatic carbocycles.